The van der Waals surface area contributed by atoms with Crippen LogP contribution >= 0.6 is 35.7 Å². The van der Waals surface area contributed by atoms with E-state index in [4.69, 9.17) is 0 Å². The lowest BCUT2D eigenvalue weighted by Crippen LogP contribution is -2.56. The number of hydrogen-bond donors (Lipinski definition) is 1. The summed E-state index contributed by atoms with van der Waals surface area (Å²) >= 11 is 2.06. The minimum atomic E-state index is 0. The molecule has 2 fully saturated rings. The number of thioether (sulfide) groups is 1. The number of piperidine rings is 1. The van der Waals surface area contributed by atoms with Crippen molar-refractivity contribution >= 4 is 41.7 Å². The molecule has 2 aliphatic heterocycles. The Morgan fingerprint density at radius 2 is 2.27 bits per heavy atom. The van der Waals surface area contributed by atoms with Gasteiger partial charge in [-0.05, 0) is 38.6 Å². The zero-order valence-electron chi connectivity index (χ0n) is 16.4. The summed E-state index contributed by atoms with van der Waals surface area (Å²) in [6.07, 6.45) is 8.31. The Labute approximate surface area is 179 Å². The summed E-state index contributed by atoms with van der Waals surface area (Å²) in [6.45, 7) is 5.35. The molecule has 6 nitrogen and oxygen atoms in total. The molecular formula is C18H33IN6S. The molecule has 1 aromatic heterocycles. The third kappa shape index (κ3) is 4.67. The second-order valence-corrected chi connectivity index (χ2v) is 8.72. The van der Waals surface area contributed by atoms with Crippen molar-refractivity contribution in [3.8, 4) is 0 Å². The molecule has 0 bridgehead atoms. The van der Waals surface area contributed by atoms with Crippen LogP contribution in [0.3, 0.4) is 0 Å². The van der Waals surface area contributed by atoms with Gasteiger partial charge in [-0.15, -0.1) is 24.0 Å². The Bertz CT molecular complexity index is 570. The summed E-state index contributed by atoms with van der Waals surface area (Å²) in [7, 11) is 6.31. The van der Waals surface area contributed by atoms with Crippen LogP contribution in [0.25, 0.3) is 0 Å². The summed E-state index contributed by atoms with van der Waals surface area (Å²) in [6, 6.07) is 0.458. The fraction of sp³-hybridized carbons (Fsp3) is 0.778. The summed E-state index contributed by atoms with van der Waals surface area (Å²) in [5.74, 6) is 4.14. The number of nitrogens with one attached hydrogen (secondary N) is 1. The van der Waals surface area contributed by atoms with Crippen LogP contribution in [0, 0.1) is 5.92 Å². The molecule has 0 radical (unpaired) electrons. The lowest BCUT2D eigenvalue weighted by Gasteiger charge is -2.41. The van der Waals surface area contributed by atoms with Gasteiger partial charge in [0.05, 0.1) is 12.4 Å². The van der Waals surface area contributed by atoms with Crippen molar-refractivity contribution in [3.05, 3.63) is 18.7 Å². The zero-order chi connectivity index (χ0) is 17.9. The van der Waals surface area contributed by atoms with E-state index < -0.39 is 0 Å². The molecule has 3 rings (SSSR count). The van der Waals surface area contributed by atoms with Crippen LogP contribution in [0.15, 0.2) is 23.7 Å². The van der Waals surface area contributed by atoms with Crippen molar-refractivity contribution in [2.24, 2.45) is 10.9 Å². The molecule has 0 spiro atoms. The highest BCUT2D eigenvalue weighted by molar-refractivity contribution is 14.0. The predicted molar refractivity (Wildman–Crippen MR) is 122 cm³/mol. The van der Waals surface area contributed by atoms with E-state index in [0.717, 1.165) is 25.6 Å². The molecule has 0 saturated carbocycles. The van der Waals surface area contributed by atoms with E-state index in [0.29, 0.717) is 12.0 Å². The number of likely N-dealkylation sites (tertiary alicyclic amines) is 1. The number of likely N-dealkylation sites (N-methyl/N-ethyl adjacent to an activating group) is 1. The molecule has 3 heterocycles. The Balaban J connectivity index is 0.00000243. The molecule has 2 saturated heterocycles. The lowest BCUT2D eigenvalue weighted by molar-refractivity contribution is 0.171. The van der Waals surface area contributed by atoms with Crippen LogP contribution in [0.2, 0.25) is 0 Å². The van der Waals surface area contributed by atoms with Gasteiger partial charge in [0.25, 0.3) is 0 Å². The van der Waals surface area contributed by atoms with Gasteiger partial charge in [-0.1, -0.05) is 6.92 Å². The third-order valence-corrected chi connectivity index (χ3v) is 7.18. The van der Waals surface area contributed by atoms with Crippen LogP contribution < -0.4 is 5.32 Å². The van der Waals surface area contributed by atoms with Gasteiger partial charge in [-0.3, -0.25) is 4.99 Å². The van der Waals surface area contributed by atoms with Gasteiger partial charge in [-0.2, -0.15) is 11.8 Å². The predicted octanol–water partition coefficient (Wildman–Crippen LogP) is 2.40. The SMILES string of the molecule is CN=C(NCC1(N(C)C)CCSC1)N1CCC(C)C(n2ccnc2)C1.I. The number of rotatable bonds is 4. The number of halogens is 1. The van der Waals surface area contributed by atoms with Crippen molar-refractivity contribution in [2.45, 2.75) is 31.3 Å². The summed E-state index contributed by atoms with van der Waals surface area (Å²) < 4.78 is 2.25. The highest BCUT2D eigenvalue weighted by atomic mass is 127. The van der Waals surface area contributed by atoms with E-state index in [1.165, 1.54) is 24.3 Å². The topological polar surface area (TPSA) is 48.7 Å². The number of imidazole rings is 1. The molecule has 1 aromatic rings. The fourth-order valence-corrected chi connectivity index (χ4v) is 5.47. The van der Waals surface area contributed by atoms with Crippen LogP contribution in [0.4, 0.5) is 0 Å². The molecular weight excluding hydrogens is 459 g/mol. The molecule has 1 N–H and O–H groups in total. The quantitative estimate of drug-likeness (QED) is 0.398. The van der Waals surface area contributed by atoms with Crippen molar-refractivity contribution in [3.63, 3.8) is 0 Å². The van der Waals surface area contributed by atoms with Gasteiger partial charge in [0.15, 0.2) is 5.96 Å². The van der Waals surface area contributed by atoms with Gasteiger partial charge in [0, 0.05) is 50.4 Å². The van der Waals surface area contributed by atoms with Gasteiger partial charge < -0.3 is 19.7 Å². The van der Waals surface area contributed by atoms with Crippen LogP contribution in [-0.2, 0) is 0 Å². The lowest BCUT2D eigenvalue weighted by atomic mass is 9.93. The van der Waals surface area contributed by atoms with Crippen LogP contribution in [-0.4, -0.2) is 83.1 Å². The van der Waals surface area contributed by atoms with Crippen LogP contribution in [0.1, 0.15) is 25.8 Å². The maximum Gasteiger partial charge on any atom is 0.193 e. The number of nitrogens with zero attached hydrogens (tertiary/aromatic N) is 5. The number of hydrogen-bond acceptors (Lipinski definition) is 4. The molecule has 148 valence electrons. The maximum atomic E-state index is 4.59. The average molecular weight is 492 g/mol. The smallest absolute Gasteiger partial charge is 0.193 e. The van der Waals surface area contributed by atoms with Gasteiger partial charge in [-0.25, -0.2) is 4.98 Å². The van der Waals surface area contributed by atoms with Gasteiger partial charge >= 0.3 is 0 Å². The Kier molecular flexibility index (Phi) is 8.08. The van der Waals surface area contributed by atoms with Gasteiger partial charge in [0.2, 0.25) is 0 Å². The number of aromatic nitrogens is 2. The molecule has 0 aliphatic carbocycles. The second kappa shape index (κ2) is 9.64. The molecule has 0 amide bonds. The maximum absolute atomic E-state index is 4.59. The molecule has 8 heteroatoms. The van der Waals surface area contributed by atoms with E-state index in [1.54, 1.807) is 0 Å². The van der Waals surface area contributed by atoms with E-state index in [1.807, 2.05) is 19.6 Å². The third-order valence-electron chi connectivity index (χ3n) is 5.94. The van der Waals surface area contributed by atoms with E-state index in [9.17, 15) is 0 Å². The average Bonchev–Trinajstić information content (AvgIpc) is 3.28. The Morgan fingerprint density at radius 1 is 1.46 bits per heavy atom. The summed E-state index contributed by atoms with van der Waals surface area (Å²) in [4.78, 5) is 13.6. The molecule has 3 unspecified atom stereocenters. The largest absolute Gasteiger partial charge is 0.354 e. The monoisotopic (exact) mass is 492 g/mol. The number of guanidine groups is 1. The number of aliphatic imine (C=N–C) groups is 1. The van der Waals surface area contributed by atoms with E-state index in [-0.39, 0.29) is 29.5 Å². The first-order valence-electron chi connectivity index (χ1n) is 9.24. The first-order chi connectivity index (χ1) is 12.1. The zero-order valence-corrected chi connectivity index (χ0v) is 19.5. The molecule has 0 aromatic carbocycles. The molecule has 26 heavy (non-hydrogen) atoms. The Hall–Kier alpha value is -0.480. The fourth-order valence-electron chi connectivity index (χ4n) is 3.92. The normalized spacial score (nSPS) is 29.7. The minimum absolute atomic E-state index is 0. The first kappa shape index (κ1) is 21.8. The Morgan fingerprint density at radius 3 is 2.85 bits per heavy atom. The molecule has 3 atom stereocenters. The highest BCUT2D eigenvalue weighted by Crippen LogP contribution is 2.32. The second-order valence-electron chi connectivity index (χ2n) is 7.61. The minimum Gasteiger partial charge on any atom is -0.354 e. The van der Waals surface area contributed by atoms with Gasteiger partial charge in [0.1, 0.15) is 0 Å². The molecule has 2 aliphatic rings. The van der Waals surface area contributed by atoms with Crippen molar-refractivity contribution in [1.82, 2.24) is 24.7 Å². The van der Waals surface area contributed by atoms with E-state index in [2.05, 4.69) is 68.6 Å². The van der Waals surface area contributed by atoms with Crippen LogP contribution in [0.5, 0.6) is 0 Å². The van der Waals surface area contributed by atoms with E-state index >= 15 is 0 Å². The standard InChI is InChI=1S/C18H32N6S.HI/c1-15-5-8-23(11-16(15)24-9-7-20-14-24)17(19-2)21-12-18(22(3)4)6-10-25-13-18;/h7,9,14-16H,5-6,8,10-13H2,1-4H3,(H,19,21);1H. The highest BCUT2D eigenvalue weighted by Gasteiger charge is 2.37. The summed E-state index contributed by atoms with van der Waals surface area (Å²) in [5.41, 5.74) is 0.243. The summed E-state index contributed by atoms with van der Waals surface area (Å²) in [5, 5.41) is 3.68. The van der Waals surface area contributed by atoms with Crippen molar-refractivity contribution < 1.29 is 0 Å². The van der Waals surface area contributed by atoms with Crippen molar-refractivity contribution in [2.75, 3.05) is 52.3 Å². The van der Waals surface area contributed by atoms with Crippen molar-refractivity contribution in [1.29, 1.82) is 0 Å². The first-order valence-corrected chi connectivity index (χ1v) is 10.4.